The Hall–Kier alpha value is -1.56. The molecule has 1 saturated heterocycles. The molecule has 0 aromatic rings. The Bertz CT molecular complexity index is 498. The molecule has 0 aliphatic carbocycles. The summed E-state index contributed by atoms with van der Waals surface area (Å²) in [4.78, 5) is 12.4. The quantitative estimate of drug-likeness (QED) is 0.752. The SMILES string of the molecule is O=C(O)C1=CCC2CCN12.O=S1(=O)C=CC=C1. The van der Waals surface area contributed by atoms with Gasteiger partial charge in [0.05, 0.1) is 0 Å². The van der Waals surface area contributed by atoms with Gasteiger partial charge in [0, 0.05) is 23.4 Å². The van der Waals surface area contributed by atoms with Crippen LogP contribution in [-0.2, 0) is 14.6 Å². The summed E-state index contributed by atoms with van der Waals surface area (Å²) in [7, 11) is -2.91. The van der Waals surface area contributed by atoms with Gasteiger partial charge in [-0.05, 0) is 25.0 Å². The average molecular weight is 255 g/mol. The minimum Gasteiger partial charge on any atom is -0.477 e. The summed E-state index contributed by atoms with van der Waals surface area (Å²) in [5, 5.41) is 10.9. The Labute approximate surface area is 99.6 Å². The minimum atomic E-state index is -2.91. The highest BCUT2D eigenvalue weighted by Gasteiger charge is 2.36. The third kappa shape index (κ3) is 2.58. The first-order chi connectivity index (χ1) is 7.99. The van der Waals surface area contributed by atoms with Gasteiger partial charge in [-0.2, -0.15) is 0 Å². The molecule has 3 heterocycles. The van der Waals surface area contributed by atoms with Crippen molar-refractivity contribution in [1.29, 1.82) is 0 Å². The van der Waals surface area contributed by atoms with Crippen LogP contribution in [0.3, 0.4) is 0 Å². The zero-order valence-electron chi connectivity index (χ0n) is 9.11. The molecule has 3 rings (SSSR count). The van der Waals surface area contributed by atoms with Crippen LogP contribution < -0.4 is 0 Å². The second-order valence-electron chi connectivity index (χ2n) is 4.01. The highest BCUT2D eigenvalue weighted by molar-refractivity contribution is 7.97. The van der Waals surface area contributed by atoms with Crippen molar-refractivity contribution >= 4 is 15.8 Å². The lowest BCUT2D eigenvalue weighted by Crippen LogP contribution is -2.44. The number of allylic oxidation sites excluding steroid dienone is 2. The summed E-state index contributed by atoms with van der Waals surface area (Å²) in [5.74, 6) is -0.776. The van der Waals surface area contributed by atoms with Gasteiger partial charge in [-0.25, -0.2) is 13.2 Å². The van der Waals surface area contributed by atoms with E-state index in [1.54, 1.807) is 0 Å². The monoisotopic (exact) mass is 255 g/mol. The molecular weight excluding hydrogens is 242 g/mol. The summed E-state index contributed by atoms with van der Waals surface area (Å²) in [6.45, 7) is 0.933. The lowest BCUT2D eigenvalue weighted by molar-refractivity contribution is -0.135. The van der Waals surface area contributed by atoms with Gasteiger partial charge in [0.25, 0.3) is 0 Å². The highest BCUT2D eigenvalue weighted by atomic mass is 32.2. The van der Waals surface area contributed by atoms with Crippen LogP contribution in [0.5, 0.6) is 0 Å². The number of hydrogen-bond donors (Lipinski definition) is 1. The molecule has 5 nitrogen and oxygen atoms in total. The third-order valence-electron chi connectivity index (χ3n) is 2.90. The number of hydrogen-bond acceptors (Lipinski definition) is 4. The third-order valence-corrected chi connectivity index (χ3v) is 3.98. The van der Waals surface area contributed by atoms with E-state index in [1.165, 1.54) is 12.2 Å². The molecule has 0 bridgehead atoms. The normalized spacial score (nSPS) is 26.7. The molecule has 0 amide bonds. The Kier molecular flexibility index (Phi) is 3.06. The molecule has 3 aliphatic heterocycles. The summed E-state index contributed by atoms with van der Waals surface area (Å²) < 4.78 is 20.5. The number of fused-ring (bicyclic) bond motifs is 1. The maximum atomic E-state index is 10.5. The zero-order valence-corrected chi connectivity index (χ0v) is 9.93. The van der Waals surface area contributed by atoms with E-state index in [4.69, 9.17) is 5.11 Å². The molecule has 0 aromatic carbocycles. The van der Waals surface area contributed by atoms with Gasteiger partial charge in [-0.15, -0.1) is 0 Å². The predicted octanol–water partition coefficient (Wildman–Crippen LogP) is 0.875. The van der Waals surface area contributed by atoms with E-state index < -0.39 is 15.8 Å². The molecule has 1 N–H and O–H groups in total. The summed E-state index contributed by atoms with van der Waals surface area (Å²) in [6.07, 6.45) is 6.90. The van der Waals surface area contributed by atoms with E-state index >= 15 is 0 Å². The molecular formula is C11H13NO4S. The lowest BCUT2D eigenvalue weighted by Gasteiger charge is -2.37. The van der Waals surface area contributed by atoms with E-state index in [1.807, 2.05) is 11.0 Å². The first-order valence-electron chi connectivity index (χ1n) is 5.29. The van der Waals surface area contributed by atoms with Crippen LogP contribution in [-0.4, -0.2) is 37.0 Å². The summed E-state index contributed by atoms with van der Waals surface area (Å²) in [5.41, 5.74) is 0.510. The largest absolute Gasteiger partial charge is 0.477 e. The first kappa shape index (κ1) is 11.9. The smallest absolute Gasteiger partial charge is 0.351 e. The van der Waals surface area contributed by atoms with E-state index in [0.717, 1.165) is 30.2 Å². The van der Waals surface area contributed by atoms with Crippen molar-refractivity contribution in [2.24, 2.45) is 0 Å². The predicted molar refractivity (Wildman–Crippen MR) is 62.6 cm³/mol. The van der Waals surface area contributed by atoms with Crippen molar-refractivity contribution in [2.75, 3.05) is 6.54 Å². The van der Waals surface area contributed by atoms with E-state index in [-0.39, 0.29) is 0 Å². The van der Waals surface area contributed by atoms with Crippen LogP contribution in [0.25, 0.3) is 0 Å². The van der Waals surface area contributed by atoms with Gasteiger partial charge in [0.2, 0.25) is 0 Å². The van der Waals surface area contributed by atoms with Crippen LogP contribution in [0.15, 0.2) is 34.7 Å². The molecule has 1 unspecified atom stereocenters. The van der Waals surface area contributed by atoms with Crippen LogP contribution in [0, 0.1) is 0 Å². The van der Waals surface area contributed by atoms with Crippen molar-refractivity contribution in [3.05, 3.63) is 34.7 Å². The van der Waals surface area contributed by atoms with Crippen molar-refractivity contribution < 1.29 is 18.3 Å². The van der Waals surface area contributed by atoms with Gasteiger partial charge in [-0.1, -0.05) is 6.08 Å². The standard InChI is InChI=1S/C7H9NO2.C4H4O2S/c9-7(10)6-2-1-5-3-4-8(5)6;5-7(6)3-1-2-4-7/h2,5H,1,3-4H2,(H,9,10);1-4H. The molecule has 0 radical (unpaired) electrons. The van der Waals surface area contributed by atoms with Gasteiger partial charge in [0.1, 0.15) is 5.70 Å². The van der Waals surface area contributed by atoms with Gasteiger partial charge in [-0.3, -0.25) is 0 Å². The Morgan fingerprint density at radius 2 is 2.00 bits per heavy atom. The van der Waals surface area contributed by atoms with Crippen molar-refractivity contribution in [3.8, 4) is 0 Å². The Morgan fingerprint density at radius 3 is 2.24 bits per heavy atom. The molecule has 92 valence electrons. The fourth-order valence-corrected chi connectivity index (χ4v) is 2.64. The Balaban J connectivity index is 0.000000136. The zero-order chi connectivity index (χ0) is 12.5. The number of carboxylic acids is 1. The Morgan fingerprint density at radius 1 is 1.35 bits per heavy atom. The topological polar surface area (TPSA) is 74.7 Å². The summed E-state index contributed by atoms with van der Waals surface area (Å²) in [6, 6.07) is 0.520. The number of sulfone groups is 1. The average Bonchev–Trinajstić information content (AvgIpc) is 2.71. The van der Waals surface area contributed by atoms with E-state index in [0.29, 0.717) is 11.7 Å². The van der Waals surface area contributed by atoms with Gasteiger partial charge in [0.15, 0.2) is 9.84 Å². The maximum absolute atomic E-state index is 10.5. The minimum absolute atomic E-state index is 0.510. The van der Waals surface area contributed by atoms with Crippen LogP contribution >= 0.6 is 0 Å². The molecule has 1 atom stereocenters. The molecule has 0 saturated carbocycles. The molecule has 1 fully saturated rings. The summed E-state index contributed by atoms with van der Waals surface area (Å²) >= 11 is 0. The van der Waals surface area contributed by atoms with Crippen LogP contribution in [0.1, 0.15) is 12.8 Å². The maximum Gasteiger partial charge on any atom is 0.351 e. The number of nitrogens with zero attached hydrogens (tertiary/aromatic N) is 1. The molecule has 3 aliphatic rings. The van der Waals surface area contributed by atoms with Crippen molar-refractivity contribution in [1.82, 2.24) is 4.90 Å². The fourth-order valence-electron chi connectivity index (χ4n) is 1.93. The molecule has 0 aromatic heterocycles. The van der Waals surface area contributed by atoms with Gasteiger partial charge < -0.3 is 10.0 Å². The van der Waals surface area contributed by atoms with Gasteiger partial charge >= 0.3 is 5.97 Å². The fraction of sp³-hybridized carbons (Fsp3) is 0.364. The number of aliphatic carboxylic acids is 1. The number of rotatable bonds is 1. The highest BCUT2D eigenvalue weighted by Crippen LogP contribution is 2.31. The van der Waals surface area contributed by atoms with E-state index in [9.17, 15) is 13.2 Å². The number of carboxylic acid groups (broad SMARTS) is 1. The lowest BCUT2D eigenvalue weighted by atomic mass is 10.0. The van der Waals surface area contributed by atoms with Crippen molar-refractivity contribution in [2.45, 2.75) is 18.9 Å². The first-order valence-corrected chi connectivity index (χ1v) is 6.90. The second-order valence-corrected chi connectivity index (χ2v) is 5.73. The van der Waals surface area contributed by atoms with Crippen LogP contribution in [0.4, 0.5) is 0 Å². The molecule has 17 heavy (non-hydrogen) atoms. The van der Waals surface area contributed by atoms with E-state index in [2.05, 4.69) is 0 Å². The second kappa shape index (κ2) is 4.37. The molecule has 0 spiro atoms. The van der Waals surface area contributed by atoms with Crippen molar-refractivity contribution in [3.63, 3.8) is 0 Å². The number of carbonyl (C=O) groups is 1. The molecule has 6 heteroatoms. The van der Waals surface area contributed by atoms with Crippen LogP contribution in [0.2, 0.25) is 0 Å².